The van der Waals surface area contributed by atoms with Crippen LogP contribution in [0.1, 0.15) is 48.4 Å². The highest BCUT2D eigenvalue weighted by Gasteiger charge is 2.32. The molecule has 0 atom stereocenters. The van der Waals surface area contributed by atoms with Crippen molar-refractivity contribution in [1.29, 1.82) is 0 Å². The van der Waals surface area contributed by atoms with E-state index in [9.17, 15) is 26.4 Å². The third-order valence-corrected chi connectivity index (χ3v) is 6.72. The summed E-state index contributed by atoms with van der Waals surface area (Å²) in [6, 6.07) is 8.10. The molecule has 1 aromatic carbocycles. The molecule has 0 radical (unpaired) electrons. The molecule has 0 aliphatic carbocycles. The van der Waals surface area contributed by atoms with E-state index in [0.29, 0.717) is 19.2 Å². The van der Waals surface area contributed by atoms with E-state index in [4.69, 9.17) is 0 Å². The summed E-state index contributed by atoms with van der Waals surface area (Å²) in [7, 11) is -4.07. The molecule has 1 aliphatic heterocycles. The molecule has 0 bridgehead atoms. The number of carbonyl (C=O) groups is 1. The Labute approximate surface area is 173 Å². The van der Waals surface area contributed by atoms with Gasteiger partial charge in [0.15, 0.2) is 9.84 Å². The van der Waals surface area contributed by atoms with Gasteiger partial charge in [-0.25, -0.2) is 13.4 Å². The van der Waals surface area contributed by atoms with Crippen molar-refractivity contribution in [3.05, 3.63) is 59.4 Å². The van der Waals surface area contributed by atoms with Gasteiger partial charge in [-0.15, -0.1) is 0 Å². The molecule has 1 fully saturated rings. The Balaban J connectivity index is 1.82. The van der Waals surface area contributed by atoms with E-state index < -0.39 is 32.2 Å². The van der Waals surface area contributed by atoms with Crippen molar-refractivity contribution in [1.82, 2.24) is 9.88 Å². The van der Waals surface area contributed by atoms with Gasteiger partial charge < -0.3 is 4.90 Å². The number of likely N-dealkylation sites (tertiary alicyclic amines) is 1. The maximum absolute atomic E-state index is 12.9. The van der Waals surface area contributed by atoms with E-state index in [1.807, 2.05) is 0 Å². The predicted octanol–water partition coefficient (Wildman–Crippen LogP) is 4.34. The van der Waals surface area contributed by atoms with Crippen molar-refractivity contribution in [2.24, 2.45) is 5.41 Å². The first kappa shape index (κ1) is 22.3. The summed E-state index contributed by atoms with van der Waals surface area (Å²) in [6.45, 7) is 5.35. The maximum Gasteiger partial charge on any atom is 0.416 e. The molecular formula is C21H23F3N2O3S. The van der Waals surface area contributed by atoms with Crippen LogP contribution in [0.25, 0.3) is 0 Å². The van der Waals surface area contributed by atoms with E-state index in [2.05, 4.69) is 18.8 Å². The highest BCUT2D eigenvalue weighted by molar-refractivity contribution is 7.90. The first-order valence-corrected chi connectivity index (χ1v) is 11.2. The summed E-state index contributed by atoms with van der Waals surface area (Å²) >= 11 is 0. The standard InChI is InChI=1S/C21H23F3N2O3S/c1-20(2)10-5-11-26(14-20)19(27)18-9-4-7-16(25-18)13-30(28,29)17-8-3-6-15(12-17)21(22,23)24/h3-4,6-9,12H,5,10-11,13-14H2,1-2H3. The molecular weight excluding hydrogens is 417 g/mol. The summed E-state index contributed by atoms with van der Waals surface area (Å²) in [5.74, 6) is -0.873. The number of hydrogen-bond donors (Lipinski definition) is 0. The van der Waals surface area contributed by atoms with E-state index in [-0.39, 0.29) is 22.7 Å². The zero-order valence-corrected chi connectivity index (χ0v) is 17.6. The van der Waals surface area contributed by atoms with Crippen LogP contribution in [-0.4, -0.2) is 37.3 Å². The number of pyridine rings is 1. The predicted molar refractivity (Wildman–Crippen MR) is 105 cm³/mol. The molecule has 1 aliphatic rings. The van der Waals surface area contributed by atoms with Gasteiger partial charge in [-0.3, -0.25) is 4.79 Å². The van der Waals surface area contributed by atoms with Crippen molar-refractivity contribution >= 4 is 15.7 Å². The number of rotatable bonds is 4. The van der Waals surface area contributed by atoms with E-state index >= 15 is 0 Å². The second-order valence-corrected chi connectivity index (χ2v) is 10.3. The van der Waals surface area contributed by atoms with Crippen LogP contribution in [0.2, 0.25) is 0 Å². The van der Waals surface area contributed by atoms with Crippen LogP contribution in [0.3, 0.4) is 0 Å². The molecule has 9 heteroatoms. The van der Waals surface area contributed by atoms with Crippen LogP contribution < -0.4 is 0 Å². The van der Waals surface area contributed by atoms with Crippen LogP contribution in [0.15, 0.2) is 47.4 Å². The number of carbonyl (C=O) groups excluding carboxylic acids is 1. The molecule has 1 saturated heterocycles. The third-order valence-electron chi connectivity index (χ3n) is 5.07. The molecule has 0 saturated carbocycles. The number of amides is 1. The number of piperidine rings is 1. The van der Waals surface area contributed by atoms with Gasteiger partial charge in [-0.2, -0.15) is 13.2 Å². The third kappa shape index (κ3) is 5.19. The van der Waals surface area contributed by atoms with Crippen LogP contribution in [0.4, 0.5) is 13.2 Å². The zero-order chi connectivity index (χ0) is 22.2. The molecule has 2 heterocycles. The fourth-order valence-electron chi connectivity index (χ4n) is 3.58. The Bertz CT molecular complexity index is 1050. The Morgan fingerprint density at radius 2 is 1.87 bits per heavy atom. The van der Waals surface area contributed by atoms with Crippen molar-refractivity contribution < 1.29 is 26.4 Å². The fraction of sp³-hybridized carbons (Fsp3) is 0.429. The largest absolute Gasteiger partial charge is 0.416 e. The first-order chi connectivity index (χ1) is 13.9. The Morgan fingerprint density at radius 3 is 2.53 bits per heavy atom. The minimum absolute atomic E-state index is 0.00163. The molecule has 30 heavy (non-hydrogen) atoms. The van der Waals surface area contributed by atoms with Crippen LogP contribution in [0.5, 0.6) is 0 Å². The lowest BCUT2D eigenvalue weighted by Gasteiger charge is -2.37. The van der Waals surface area contributed by atoms with E-state index in [1.165, 1.54) is 18.2 Å². The summed E-state index contributed by atoms with van der Waals surface area (Å²) in [4.78, 5) is 18.3. The fourth-order valence-corrected chi connectivity index (χ4v) is 4.89. The minimum atomic E-state index is -4.64. The summed E-state index contributed by atoms with van der Waals surface area (Å²) in [5.41, 5.74) is -0.801. The topological polar surface area (TPSA) is 67.3 Å². The number of nitrogens with zero attached hydrogens (tertiary/aromatic N) is 2. The average molecular weight is 440 g/mol. The molecule has 3 rings (SSSR count). The summed E-state index contributed by atoms with van der Waals surface area (Å²) in [6.07, 6.45) is -2.75. The van der Waals surface area contributed by atoms with Crippen molar-refractivity contribution in [2.45, 2.75) is 43.5 Å². The normalized spacial score (nSPS) is 17.0. The highest BCUT2D eigenvalue weighted by atomic mass is 32.2. The molecule has 1 aromatic heterocycles. The molecule has 0 spiro atoms. The van der Waals surface area contributed by atoms with Crippen LogP contribution >= 0.6 is 0 Å². The SMILES string of the molecule is CC1(C)CCCN(C(=O)c2cccc(CS(=O)(=O)c3cccc(C(F)(F)F)c3)n2)C1. The van der Waals surface area contributed by atoms with Gasteiger partial charge in [0.25, 0.3) is 5.91 Å². The lowest BCUT2D eigenvalue weighted by molar-refractivity contribution is -0.137. The Morgan fingerprint density at radius 1 is 1.17 bits per heavy atom. The van der Waals surface area contributed by atoms with Crippen molar-refractivity contribution in [3.63, 3.8) is 0 Å². The molecule has 5 nitrogen and oxygen atoms in total. The molecule has 0 unspecified atom stereocenters. The van der Waals surface area contributed by atoms with Gasteiger partial charge in [-0.1, -0.05) is 26.0 Å². The molecule has 0 N–H and O–H groups in total. The number of sulfone groups is 1. The molecule has 1 amide bonds. The monoisotopic (exact) mass is 440 g/mol. The van der Waals surface area contributed by atoms with Gasteiger partial charge in [0.05, 0.1) is 21.9 Å². The Hall–Kier alpha value is -2.42. The minimum Gasteiger partial charge on any atom is -0.337 e. The second-order valence-electron chi connectivity index (χ2n) is 8.29. The molecule has 162 valence electrons. The zero-order valence-electron chi connectivity index (χ0n) is 16.7. The summed E-state index contributed by atoms with van der Waals surface area (Å²) in [5, 5.41) is 0. The molecule has 2 aromatic rings. The van der Waals surface area contributed by atoms with Gasteiger partial charge in [-0.05, 0) is 48.6 Å². The van der Waals surface area contributed by atoms with Gasteiger partial charge in [0, 0.05) is 13.1 Å². The number of hydrogen-bond acceptors (Lipinski definition) is 4. The number of halogens is 3. The van der Waals surface area contributed by atoms with E-state index in [0.717, 1.165) is 31.0 Å². The van der Waals surface area contributed by atoms with Gasteiger partial charge in [0.2, 0.25) is 0 Å². The van der Waals surface area contributed by atoms with Gasteiger partial charge in [0.1, 0.15) is 5.69 Å². The van der Waals surface area contributed by atoms with Crippen LogP contribution in [0, 0.1) is 5.41 Å². The van der Waals surface area contributed by atoms with E-state index in [1.54, 1.807) is 4.90 Å². The smallest absolute Gasteiger partial charge is 0.337 e. The van der Waals surface area contributed by atoms with Crippen LogP contribution in [-0.2, 0) is 21.8 Å². The number of alkyl halides is 3. The number of aromatic nitrogens is 1. The van der Waals surface area contributed by atoms with Crippen molar-refractivity contribution in [3.8, 4) is 0 Å². The first-order valence-electron chi connectivity index (χ1n) is 9.53. The number of benzene rings is 1. The summed E-state index contributed by atoms with van der Waals surface area (Å²) < 4.78 is 64.0. The average Bonchev–Trinajstić information content (AvgIpc) is 2.66. The Kier molecular flexibility index (Phi) is 5.95. The quantitative estimate of drug-likeness (QED) is 0.710. The van der Waals surface area contributed by atoms with Gasteiger partial charge >= 0.3 is 6.18 Å². The lowest BCUT2D eigenvalue weighted by Crippen LogP contribution is -2.43. The lowest BCUT2D eigenvalue weighted by atomic mass is 9.84. The maximum atomic E-state index is 12.9. The highest BCUT2D eigenvalue weighted by Crippen LogP contribution is 2.31. The second kappa shape index (κ2) is 8.02. The van der Waals surface area contributed by atoms with Crippen molar-refractivity contribution in [2.75, 3.05) is 13.1 Å².